The SMILES string of the molecule is CCn1c(-c2ccccc2)cs/c1=N/NC(=O)c1cccc([N+](=O)[O-])c1. The van der Waals surface area contributed by atoms with Crippen LogP contribution in [0.25, 0.3) is 11.3 Å². The summed E-state index contributed by atoms with van der Waals surface area (Å²) in [5.74, 6) is -0.494. The molecule has 8 heteroatoms. The Kier molecular flexibility index (Phi) is 5.23. The lowest BCUT2D eigenvalue weighted by atomic mass is 10.2. The van der Waals surface area contributed by atoms with E-state index in [0.717, 1.165) is 11.3 Å². The minimum absolute atomic E-state index is 0.135. The van der Waals surface area contributed by atoms with Crippen LogP contribution in [-0.2, 0) is 6.54 Å². The average Bonchev–Trinajstić information content (AvgIpc) is 3.09. The molecule has 26 heavy (non-hydrogen) atoms. The van der Waals surface area contributed by atoms with Crippen molar-refractivity contribution in [2.75, 3.05) is 0 Å². The van der Waals surface area contributed by atoms with Gasteiger partial charge in [0, 0.05) is 29.6 Å². The Hall–Kier alpha value is -3.26. The molecule has 1 heterocycles. The lowest BCUT2D eigenvalue weighted by Gasteiger charge is -2.06. The summed E-state index contributed by atoms with van der Waals surface area (Å²) in [6, 6.07) is 15.5. The van der Waals surface area contributed by atoms with E-state index in [4.69, 9.17) is 0 Å². The lowest BCUT2D eigenvalue weighted by Crippen LogP contribution is -2.24. The van der Waals surface area contributed by atoms with E-state index in [9.17, 15) is 14.9 Å². The maximum Gasteiger partial charge on any atom is 0.271 e. The number of carbonyl (C=O) groups is 1. The van der Waals surface area contributed by atoms with Gasteiger partial charge in [0.1, 0.15) is 0 Å². The molecule has 2 aromatic carbocycles. The van der Waals surface area contributed by atoms with E-state index in [1.807, 2.05) is 47.2 Å². The number of aromatic nitrogens is 1. The van der Waals surface area contributed by atoms with Crippen molar-refractivity contribution in [3.05, 3.63) is 80.5 Å². The molecular weight excluding hydrogens is 352 g/mol. The zero-order valence-electron chi connectivity index (χ0n) is 14.0. The summed E-state index contributed by atoms with van der Waals surface area (Å²) < 4.78 is 1.99. The van der Waals surface area contributed by atoms with E-state index >= 15 is 0 Å². The molecule has 7 nitrogen and oxygen atoms in total. The molecule has 0 atom stereocenters. The number of carbonyl (C=O) groups excluding carboxylic acids is 1. The maximum atomic E-state index is 12.2. The van der Waals surface area contributed by atoms with Gasteiger partial charge in [0.15, 0.2) is 0 Å². The first-order valence-electron chi connectivity index (χ1n) is 7.92. The van der Waals surface area contributed by atoms with Gasteiger partial charge in [0.2, 0.25) is 4.80 Å². The van der Waals surface area contributed by atoms with Gasteiger partial charge in [-0.1, -0.05) is 36.4 Å². The van der Waals surface area contributed by atoms with Crippen molar-refractivity contribution in [2.24, 2.45) is 5.10 Å². The number of nitro benzene ring substituents is 1. The number of amides is 1. The van der Waals surface area contributed by atoms with Crippen LogP contribution in [0.2, 0.25) is 0 Å². The van der Waals surface area contributed by atoms with E-state index in [-0.39, 0.29) is 11.3 Å². The minimum atomic E-state index is -0.537. The second-order valence-electron chi connectivity index (χ2n) is 5.37. The largest absolute Gasteiger partial charge is 0.315 e. The van der Waals surface area contributed by atoms with Gasteiger partial charge in [-0.2, -0.15) is 0 Å². The highest BCUT2D eigenvalue weighted by Crippen LogP contribution is 2.19. The molecule has 0 spiro atoms. The molecule has 0 saturated heterocycles. The lowest BCUT2D eigenvalue weighted by molar-refractivity contribution is -0.384. The summed E-state index contributed by atoms with van der Waals surface area (Å²) in [6.07, 6.45) is 0. The first-order valence-corrected chi connectivity index (χ1v) is 8.80. The molecule has 1 N–H and O–H groups in total. The average molecular weight is 368 g/mol. The van der Waals surface area contributed by atoms with Gasteiger partial charge >= 0.3 is 0 Å². The van der Waals surface area contributed by atoms with Gasteiger partial charge in [0.05, 0.1) is 10.6 Å². The van der Waals surface area contributed by atoms with Gasteiger partial charge in [-0.25, -0.2) is 5.43 Å². The van der Waals surface area contributed by atoms with Crippen LogP contribution in [0.4, 0.5) is 5.69 Å². The van der Waals surface area contributed by atoms with Gasteiger partial charge in [-0.15, -0.1) is 16.4 Å². The van der Waals surface area contributed by atoms with Crippen molar-refractivity contribution < 1.29 is 9.72 Å². The monoisotopic (exact) mass is 368 g/mol. The number of benzene rings is 2. The molecule has 1 aromatic heterocycles. The third kappa shape index (κ3) is 3.70. The topological polar surface area (TPSA) is 89.5 Å². The van der Waals surface area contributed by atoms with Crippen LogP contribution in [0.15, 0.2) is 65.1 Å². The highest BCUT2D eigenvalue weighted by Gasteiger charge is 2.11. The molecule has 1 amide bonds. The van der Waals surface area contributed by atoms with Crippen LogP contribution < -0.4 is 10.2 Å². The summed E-state index contributed by atoms with van der Waals surface area (Å²) in [5.41, 5.74) is 4.61. The summed E-state index contributed by atoms with van der Waals surface area (Å²) in [6.45, 7) is 2.69. The second kappa shape index (κ2) is 7.75. The molecule has 3 rings (SSSR count). The number of non-ortho nitro benzene ring substituents is 1. The Morgan fingerprint density at radius 2 is 2.00 bits per heavy atom. The van der Waals surface area contributed by atoms with E-state index in [1.54, 1.807) is 0 Å². The standard InChI is InChI=1S/C18H16N4O3S/c1-2-21-16(13-7-4-3-5-8-13)12-26-18(21)20-19-17(23)14-9-6-10-15(11-14)22(24)25/h3-12H,2H2,1H3,(H,19,23)/b20-18+. The van der Waals surface area contributed by atoms with Crippen molar-refractivity contribution in [3.8, 4) is 11.3 Å². The van der Waals surface area contributed by atoms with Gasteiger partial charge in [-0.3, -0.25) is 14.9 Å². The number of nitrogens with zero attached hydrogens (tertiary/aromatic N) is 3. The van der Waals surface area contributed by atoms with Gasteiger partial charge < -0.3 is 4.57 Å². The molecule has 3 aromatic rings. The Labute approximate surface area is 153 Å². The van der Waals surface area contributed by atoms with Crippen molar-refractivity contribution in [3.63, 3.8) is 0 Å². The number of nitro groups is 1. The van der Waals surface area contributed by atoms with E-state index in [1.165, 1.54) is 35.6 Å². The molecular formula is C18H16N4O3S. The first-order chi connectivity index (χ1) is 12.6. The molecule has 0 aliphatic carbocycles. The van der Waals surface area contributed by atoms with E-state index in [2.05, 4.69) is 10.5 Å². The third-order valence-corrected chi connectivity index (χ3v) is 4.62. The maximum absolute atomic E-state index is 12.2. The van der Waals surface area contributed by atoms with E-state index < -0.39 is 10.8 Å². The zero-order chi connectivity index (χ0) is 18.5. The van der Waals surface area contributed by atoms with Crippen LogP contribution in [0, 0.1) is 10.1 Å². The Balaban J connectivity index is 1.87. The first kappa shape index (κ1) is 17.6. The fourth-order valence-electron chi connectivity index (χ4n) is 2.49. The van der Waals surface area contributed by atoms with Crippen molar-refractivity contribution in [1.29, 1.82) is 0 Å². The molecule has 0 bridgehead atoms. The van der Waals surface area contributed by atoms with Gasteiger partial charge in [-0.05, 0) is 18.6 Å². The number of thiazole rings is 1. The highest BCUT2D eigenvalue weighted by molar-refractivity contribution is 7.07. The van der Waals surface area contributed by atoms with Crippen LogP contribution >= 0.6 is 11.3 Å². The predicted molar refractivity (Wildman–Crippen MR) is 99.5 cm³/mol. The molecule has 0 unspecified atom stereocenters. The van der Waals surface area contributed by atoms with Crippen LogP contribution in [-0.4, -0.2) is 15.4 Å². The van der Waals surface area contributed by atoms with Crippen molar-refractivity contribution >= 4 is 22.9 Å². The second-order valence-corrected chi connectivity index (χ2v) is 6.21. The fourth-order valence-corrected chi connectivity index (χ4v) is 3.42. The van der Waals surface area contributed by atoms with Crippen LogP contribution in [0.1, 0.15) is 17.3 Å². The smallest absolute Gasteiger partial charge is 0.271 e. The van der Waals surface area contributed by atoms with E-state index in [0.29, 0.717) is 11.3 Å². The summed E-state index contributed by atoms with van der Waals surface area (Å²) in [4.78, 5) is 23.2. The van der Waals surface area contributed by atoms with Crippen LogP contribution in [0.5, 0.6) is 0 Å². The van der Waals surface area contributed by atoms with Crippen molar-refractivity contribution in [2.45, 2.75) is 13.5 Å². The fraction of sp³-hybridized carbons (Fsp3) is 0.111. The Morgan fingerprint density at radius 3 is 2.69 bits per heavy atom. The Morgan fingerprint density at radius 1 is 1.23 bits per heavy atom. The summed E-state index contributed by atoms with van der Waals surface area (Å²) in [7, 11) is 0. The summed E-state index contributed by atoms with van der Waals surface area (Å²) >= 11 is 1.41. The number of hydrogen-bond donors (Lipinski definition) is 1. The highest BCUT2D eigenvalue weighted by atomic mass is 32.1. The predicted octanol–water partition coefficient (Wildman–Crippen LogP) is 3.39. The molecule has 0 radical (unpaired) electrons. The molecule has 0 fully saturated rings. The quantitative estimate of drug-likeness (QED) is 0.553. The molecule has 0 saturated carbocycles. The molecule has 0 aliphatic heterocycles. The summed E-state index contributed by atoms with van der Waals surface area (Å²) in [5, 5.41) is 17.0. The zero-order valence-corrected chi connectivity index (χ0v) is 14.8. The minimum Gasteiger partial charge on any atom is -0.315 e. The number of hydrogen-bond acceptors (Lipinski definition) is 5. The molecule has 0 aliphatic rings. The Bertz CT molecular complexity index is 1010. The molecule has 132 valence electrons. The van der Waals surface area contributed by atoms with Crippen molar-refractivity contribution in [1.82, 2.24) is 9.99 Å². The third-order valence-electron chi connectivity index (χ3n) is 3.76. The van der Waals surface area contributed by atoms with Crippen LogP contribution in [0.3, 0.4) is 0 Å². The normalized spacial score (nSPS) is 11.3. The number of rotatable bonds is 5. The van der Waals surface area contributed by atoms with Gasteiger partial charge in [0.25, 0.3) is 11.6 Å². The number of nitrogens with one attached hydrogen (secondary N) is 1.